The number of aromatic amines is 1. The Kier molecular flexibility index (Phi) is 4.21. The Morgan fingerprint density at radius 1 is 0.840 bits per heavy atom. The average molecular weight is 329 g/mol. The number of benzene rings is 3. The first-order valence-corrected chi connectivity index (χ1v) is 8.53. The van der Waals surface area contributed by atoms with Crippen molar-refractivity contribution in [2.24, 2.45) is 0 Å². The number of ether oxygens (including phenoxy) is 1. The van der Waals surface area contributed by atoms with Crippen LogP contribution in [0.25, 0.3) is 11.0 Å². The number of hydrogen-bond acceptors (Lipinski definition) is 1. The van der Waals surface area contributed by atoms with E-state index in [1.54, 1.807) is 0 Å². The minimum atomic E-state index is 0.506. The molecule has 0 aliphatic heterocycles. The Morgan fingerprint density at radius 2 is 1.56 bits per heavy atom. The van der Waals surface area contributed by atoms with E-state index in [2.05, 4.69) is 71.1 Å². The van der Waals surface area contributed by atoms with E-state index in [4.69, 9.17) is 4.74 Å². The molecule has 0 aliphatic rings. The van der Waals surface area contributed by atoms with Crippen LogP contribution in [0.1, 0.15) is 17.0 Å². The highest BCUT2D eigenvalue weighted by molar-refractivity contribution is 5.71. The molecule has 3 heteroatoms. The lowest BCUT2D eigenvalue weighted by Crippen LogP contribution is -2.38. The predicted octanol–water partition coefficient (Wildman–Crippen LogP) is 4.39. The molecule has 0 unspecified atom stereocenters. The van der Waals surface area contributed by atoms with Crippen LogP contribution in [-0.4, -0.2) is 4.98 Å². The second kappa shape index (κ2) is 6.81. The molecule has 0 amide bonds. The third-order valence-electron chi connectivity index (χ3n) is 4.44. The summed E-state index contributed by atoms with van der Waals surface area (Å²) >= 11 is 0. The molecule has 4 rings (SSSR count). The van der Waals surface area contributed by atoms with Gasteiger partial charge in [-0.15, -0.1) is 0 Å². The molecule has 0 radical (unpaired) electrons. The summed E-state index contributed by atoms with van der Waals surface area (Å²) in [7, 11) is 0. The van der Waals surface area contributed by atoms with Gasteiger partial charge >= 0.3 is 0 Å². The standard InChI is InChI=1S/C22H20N2O/c1-17-9-5-8-14-21(17)25-16-22-23-19-12-6-7-13-20(19)24(22)15-18-10-3-2-4-11-18/h2-14H,15-16H2,1H3/p+1. The molecule has 124 valence electrons. The Morgan fingerprint density at radius 3 is 2.40 bits per heavy atom. The van der Waals surface area contributed by atoms with Crippen molar-refractivity contribution < 1.29 is 9.30 Å². The third kappa shape index (κ3) is 3.26. The Labute approximate surface area is 147 Å². The SMILES string of the molecule is Cc1ccccc1OCc1[nH]c2ccccc2[n+]1Cc1ccccc1. The second-order valence-electron chi connectivity index (χ2n) is 6.21. The fourth-order valence-electron chi connectivity index (χ4n) is 3.11. The maximum absolute atomic E-state index is 6.08. The molecule has 3 nitrogen and oxygen atoms in total. The van der Waals surface area contributed by atoms with Crippen LogP contribution < -0.4 is 9.30 Å². The van der Waals surface area contributed by atoms with E-state index in [0.717, 1.165) is 29.2 Å². The van der Waals surface area contributed by atoms with Gasteiger partial charge in [-0.1, -0.05) is 60.7 Å². The number of fused-ring (bicyclic) bond motifs is 1. The van der Waals surface area contributed by atoms with Crippen molar-refractivity contribution in [3.05, 3.63) is 95.8 Å². The number of nitrogens with one attached hydrogen (secondary N) is 1. The predicted molar refractivity (Wildman–Crippen MR) is 99.5 cm³/mol. The van der Waals surface area contributed by atoms with Gasteiger partial charge in [-0.2, -0.15) is 0 Å². The van der Waals surface area contributed by atoms with Gasteiger partial charge in [0.05, 0.1) is 0 Å². The lowest BCUT2D eigenvalue weighted by Gasteiger charge is -2.07. The lowest BCUT2D eigenvalue weighted by atomic mass is 10.2. The van der Waals surface area contributed by atoms with E-state index in [9.17, 15) is 0 Å². The van der Waals surface area contributed by atoms with Gasteiger partial charge in [0.1, 0.15) is 12.3 Å². The van der Waals surface area contributed by atoms with Crippen molar-refractivity contribution in [2.45, 2.75) is 20.1 Å². The molecule has 3 aromatic carbocycles. The van der Waals surface area contributed by atoms with Crippen molar-refractivity contribution in [3.8, 4) is 5.75 Å². The minimum Gasteiger partial charge on any atom is -0.481 e. The Hall–Kier alpha value is -3.07. The van der Waals surface area contributed by atoms with Crippen molar-refractivity contribution in [3.63, 3.8) is 0 Å². The van der Waals surface area contributed by atoms with E-state index in [1.807, 2.05) is 24.3 Å². The summed E-state index contributed by atoms with van der Waals surface area (Å²) in [5, 5.41) is 0. The average Bonchev–Trinajstić information content (AvgIpc) is 3.00. The van der Waals surface area contributed by atoms with E-state index < -0.39 is 0 Å². The van der Waals surface area contributed by atoms with Crippen LogP contribution in [0.15, 0.2) is 78.9 Å². The van der Waals surface area contributed by atoms with Crippen LogP contribution in [0.4, 0.5) is 0 Å². The molecule has 0 fully saturated rings. The van der Waals surface area contributed by atoms with Crippen molar-refractivity contribution in [2.75, 3.05) is 0 Å². The summed E-state index contributed by atoms with van der Waals surface area (Å²) in [5.41, 5.74) is 4.74. The molecule has 25 heavy (non-hydrogen) atoms. The first-order chi connectivity index (χ1) is 12.3. The first-order valence-electron chi connectivity index (χ1n) is 8.53. The molecule has 1 heterocycles. The van der Waals surface area contributed by atoms with Crippen LogP contribution in [0, 0.1) is 6.92 Å². The fourth-order valence-corrected chi connectivity index (χ4v) is 3.11. The summed E-state index contributed by atoms with van der Waals surface area (Å²) in [5.74, 6) is 1.99. The summed E-state index contributed by atoms with van der Waals surface area (Å²) < 4.78 is 8.37. The number of aromatic nitrogens is 2. The van der Waals surface area contributed by atoms with Gasteiger partial charge in [-0.25, -0.2) is 9.55 Å². The number of nitrogens with zero attached hydrogens (tertiary/aromatic N) is 1. The number of para-hydroxylation sites is 3. The molecular weight excluding hydrogens is 308 g/mol. The van der Waals surface area contributed by atoms with Crippen LogP contribution in [-0.2, 0) is 13.2 Å². The molecule has 0 saturated heterocycles. The highest BCUT2D eigenvalue weighted by atomic mass is 16.5. The minimum absolute atomic E-state index is 0.506. The monoisotopic (exact) mass is 329 g/mol. The lowest BCUT2D eigenvalue weighted by molar-refractivity contribution is -0.671. The highest BCUT2D eigenvalue weighted by Gasteiger charge is 2.19. The quantitative estimate of drug-likeness (QED) is 0.541. The molecule has 0 aliphatic carbocycles. The first kappa shape index (κ1) is 15.5. The normalized spacial score (nSPS) is 10.9. The van der Waals surface area contributed by atoms with Gasteiger partial charge in [-0.05, 0) is 36.2 Å². The zero-order valence-corrected chi connectivity index (χ0v) is 14.3. The molecule has 0 spiro atoms. The van der Waals surface area contributed by atoms with Crippen molar-refractivity contribution in [1.29, 1.82) is 0 Å². The summed E-state index contributed by atoms with van der Waals surface area (Å²) in [6.07, 6.45) is 0. The zero-order chi connectivity index (χ0) is 17.1. The van der Waals surface area contributed by atoms with Crippen molar-refractivity contribution in [1.82, 2.24) is 4.98 Å². The molecule has 1 aromatic heterocycles. The molecule has 0 atom stereocenters. The molecule has 4 aromatic rings. The van der Waals surface area contributed by atoms with E-state index >= 15 is 0 Å². The largest absolute Gasteiger partial charge is 0.481 e. The van der Waals surface area contributed by atoms with Gasteiger partial charge in [-0.3, -0.25) is 0 Å². The Bertz CT molecular complexity index is 989. The Balaban J connectivity index is 1.68. The fraction of sp³-hybridized carbons (Fsp3) is 0.136. The highest BCUT2D eigenvalue weighted by Crippen LogP contribution is 2.18. The molecule has 0 bridgehead atoms. The van der Waals surface area contributed by atoms with Gasteiger partial charge in [0, 0.05) is 0 Å². The third-order valence-corrected chi connectivity index (χ3v) is 4.44. The van der Waals surface area contributed by atoms with E-state index in [0.29, 0.717) is 6.61 Å². The molecule has 1 N–H and O–H groups in total. The summed E-state index contributed by atoms with van der Waals surface area (Å²) in [4.78, 5) is 3.51. The number of H-pyrrole nitrogens is 1. The smallest absolute Gasteiger partial charge is 0.294 e. The molecule has 0 saturated carbocycles. The van der Waals surface area contributed by atoms with Crippen LogP contribution in [0.3, 0.4) is 0 Å². The van der Waals surface area contributed by atoms with Crippen LogP contribution in [0.5, 0.6) is 5.75 Å². The number of aryl methyl sites for hydroxylation is 1. The van der Waals surface area contributed by atoms with Gasteiger partial charge in [0.25, 0.3) is 5.82 Å². The second-order valence-corrected chi connectivity index (χ2v) is 6.21. The number of rotatable bonds is 5. The number of hydrogen-bond donors (Lipinski definition) is 1. The van der Waals surface area contributed by atoms with Crippen molar-refractivity contribution >= 4 is 11.0 Å². The van der Waals surface area contributed by atoms with Gasteiger partial charge in [0.2, 0.25) is 0 Å². The maximum atomic E-state index is 6.08. The molecular formula is C22H21N2O+. The van der Waals surface area contributed by atoms with Crippen LogP contribution in [0.2, 0.25) is 0 Å². The maximum Gasteiger partial charge on any atom is 0.294 e. The summed E-state index contributed by atoms with van der Waals surface area (Å²) in [6, 6.07) is 27.0. The summed E-state index contributed by atoms with van der Waals surface area (Å²) in [6.45, 7) is 3.39. The van der Waals surface area contributed by atoms with E-state index in [-0.39, 0.29) is 0 Å². The van der Waals surface area contributed by atoms with Gasteiger partial charge < -0.3 is 4.74 Å². The van der Waals surface area contributed by atoms with Gasteiger partial charge in [0.15, 0.2) is 17.6 Å². The van der Waals surface area contributed by atoms with Crippen LogP contribution >= 0.6 is 0 Å². The van der Waals surface area contributed by atoms with E-state index in [1.165, 1.54) is 11.1 Å². The zero-order valence-electron chi connectivity index (χ0n) is 14.3. The topological polar surface area (TPSA) is 28.9 Å². The number of imidazole rings is 1.